The number of nitrogens with zero attached hydrogens (tertiary/aromatic N) is 2. The van der Waals surface area contributed by atoms with Crippen molar-refractivity contribution in [2.45, 2.75) is 45.4 Å². The van der Waals surface area contributed by atoms with Crippen LogP contribution in [0.1, 0.15) is 43.4 Å². The van der Waals surface area contributed by atoms with Crippen LogP contribution in [0.4, 0.5) is 0 Å². The summed E-state index contributed by atoms with van der Waals surface area (Å²) in [5.41, 5.74) is 1.94. The Morgan fingerprint density at radius 2 is 2.00 bits per heavy atom. The van der Waals surface area contributed by atoms with Gasteiger partial charge in [0.15, 0.2) is 0 Å². The van der Waals surface area contributed by atoms with E-state index in [1.54, 1.807) is 24.5 Å². The van der Waals surface area contributed by atoms with Crippen LogP contribution in [0.5, 0.6) is 0 Å². The Balaban J connectivity index is 1.38. The van der Waals surface area contributed by atoms with Crippen molar-refractivity contribution in [1.29, 1.82) is 0 Å². The number of cyclic esters (lactones) is 1. The lowest BCUT2D eigenvalue weighted by atomic mass is 9.85. The second kappa shape index (κ2) is 10.7. The van der Waals surface area contributed by atoms with E-state index >= 15 is 0 Å². The molecule has 2 aliphatic rings. The summed E-state index contributed by atoms with van der Waals surface area (Å²) < 4.78 is 17.9. The lowest BCUT2D eigenvalue weighted by Crippen LogP contribution is -2.47. The highest BCUT2D eigenvalue weighted by Gasteiger charge is 2.50. The van der Waals surface area contributed by atoms with Crippen LogP contribution in [0.2, 0.25) is 0 Å². The fourth-order valence-corrected chi connectivity index (χ4v) is 5.62. The average molecular weight is 549 g/mol. The highest BCUT2D eigenvalue weighted by molar-refractivity contribution is 7.99. The summed E-state index contributed by atoms with van der Waals surface area (Å²) in [7, 11) is 0. The minimum atomic E-state index is -1.72. The third-order valence-corrected chi connectivity index (χ3v) is 7.88. The smallest absolute Gasteiger partial charge is 0.355 e. The number of hydrogen-bond donors (Lipinski definition) is 0. The molecule has 202 valence electrons. The number of hydrogen-bond acceptors (Lipinski definition) is 9. The van der Waals surface area contributed by atoms with E-state index in [1.807, 2.05) is 30.3 Å². The minimum absolute atomic E-state index is 0.0315. The van der Waals surface area contributed by atoms with Gasteiger partial charge in [-0.1, -0.05) is 31.7 Å². The van der Waals surface area contributed by atoms with Crippen LogP contribution >= 0.6 is 11.8 Å². The molecule has 2 aromatic heterocycles. The number of para-hydroxylation sites is 1. The molecule has 2 aliphatic heterocycles. The first-order chi connectivity index (χ1) is 18.7. The number of pyridine rings is 2. The van der Waals surface area contributed by atoms with Gasteiger partial charge in [0.05, 0.1) is 35.4 Å². The van der Waals surface area contributed by atoms with Gasteiger partial charge < -0.3 is 18.8 Å². The molecule has 0 saturated heterocycles. The van der Waals surface area contributed by atoms with Gasteiger partial charge in [-0.25, -0.2) is 14.6 Å². The number of ether oxygens (including phenoxy) is 3. The topological polar surface area (TPSA) is 114 Å². The van der Waals surface area contributed by atoms with E-state index in [2.05, 4.69) is 6.58 Å². The van der Waals surface area contributed by atoms with E-state index < -0.39 is 23.5 Å². The van der Waals surface area contributed by atoms with Gasteiger partial charge in [0, 0.05) is 33.6 Å². The zero-order valence-corrected chi connectivity index (χ0v) is 22.6. The van der Waals surface area contributed by atoms with Crippen LogP contribution in [-0.2, 0) is 47.3 Å². The van der Waals surface area contributed by atoms with Crippen molar-refractivity contribution in [2.75, 3.05) is 18.1 Å². The molecule has 1 aromatic carbocycles. The van der Waals surface area contributed by atoms with E-state index in [-0.39, 0.29) is 31.6 Å². The molecule has 0 aliphatic carbocycles. The first kappa shape index (κ1) is 26.7. The maximum Gasteiger partial charge on any atom is 0.355 e. The van der Waals surface area contributed by atoms with Gasteiger partial charge in [0.1, 0.15) is 13.2 Å². The summed E-state index contributed by atoms with van der Waals surface area (Å²) in [5, 5.41) is 0.976. The lowest BCUT2D eigenvalue weighted by Gasteiger charge is -2.35. The summed E-state index contributed by atoms with van der Waals surface area (Å²) in [5.74, 6) is -0.831. The molecule has 0 radical (unpaired) electrons. The summed E-state index contributed by atoms with van der Waals surface area (Å²) >= 11 is 1.42. The predicted molar refractivity (Wildman–Crippen MR) is 146 cm³/mol. The van der Waals surface area contributed by atoms with Crippen molar-refractivity contribution >= 4 is 40.6 Å². The standard InChI is InChI=1S/C29H28N2O7S/c1-4-29(38-24(32)9-11-39-12-10-36-27(34)17(2)3)21-14-23-25-19(13-18-7-5-6-8-22(18)30-25)15-31(23)26(33)20(21)16-37-28(29)35/h5-8,13-14H,2,4,9-12,15-16H2,1,3H3/t29-/m0/s1. The SMILES string of the molecule is C=C(C)C(=O)OCCSCCC(=O)O[C@]1(CC)C(=O)OCc2c1cc1n(c2=O)Cc2cc3ccccc3nc2-1. The van der Waals surface area contributed by atoms with E-state index in [4.69, 9.17) is 19.2 Å². The average Bonchev–Trinajstić information content (AvgIpc) is 3.28. The third-order valence-electron chi connectivity index (χ3n) is 6.93. The summed E-state index contributed by atoms with van der Waals surface area (Å²) in [6.07, 6.45) is 0.138. The number of rotatable bonds is 9. The molecule has 0 bridgehead atoms. The zero-order chi connectivity index (χ0) is 27.7. The molecule has 4 heterocycles. The Labute approximate surface area is 229 Å². The molecule has 10 heteroatoms. The van der Waals surface area contributed by atoms with Gasteiger partial charge in [-0.2, -0.15) is 11.8 Å². The molecular formula is C29H28N2O7S. The van der Waals surface area contributed by atoms with Crippen LogP contribution < -0.4 is 5.56 Å². The number of carbonyl (C=O) groups excluding carboxylic acids is 3. The molecule has 3 aromatic rings. The summed E-state index contributed by atoms with van der Waals surface area (Å²) in [4.78, 5) is 55.9. The van der Waals surface area contributed by atoms with Crippen molar-refractivity contribution < 1.29 is 28.6 Å². The first-order valence-corrected chi connectivity index (χ1v) is 13.9. The Hall–Kier alpha value is -3.92. The fourth-order valence-electron chi connectivity index (χ4n) is 4.90. The molecule has 0 spiro atoms. The second-order valence-corrected chi connectivity index (χ2v) is 10.7. The van der Waals surface area contributed by atoms with Crippen LogP contribution in [0.25, 0.3) is 22.3 Å². The van der Waals surface area contributed by atoms with Gasteiger partial charge in [0.25, 0.3) is 5.56 Å². The molecule has 0 N–H and O–H groups in total. The minimum Gasteiger partial charge on any atom is -0.461 e. The van der Waals surface area contributed by atoms with Gasteiger partial charge in [-0.15, -0.1) is 0 Å². The predicted octanol–water partition coefficient (Wildman–Crippen LogP) is 3.87. The molecule has 5 rings (SSSR count). The van der Waals surface area contributed by atoms with Gasteiger partial charge in [-0.3, -0.25) is 9.59 Å². The Kier molecular flexibility index (Phi) is 7.31. The normalized spacial score (nSPS) is 17.1. The van der Waals surface area contributed by atoms with Gasteiger partial charge in [0.2, 0.25) is 5.60 Å². The van der Waals surface area contributed by atoms with Crippen molar-refractivity contribution in [3.8, 4) is 11.4 Å². The van der Waals surface area contributed by atoms with Crippen molar-refractivity contribution in [1.82, 2.24) is 9.55 Å². The Morgan fingerprint density at radius 3 is 2.77 bits per heavy atom. The van der Waals surface area contributed by atoms with Crippen molar-refractivity contribution in [3.63, 3.8) is 0 Å². The number of fused-ring (bicyclic) bond motifs is 5. The van der Waals surface area contributed by atoms with Crippen LogP contribution in [0, 0.1) is 0 Å². The third kappa shape index (κ3) is 4.85. The van der Waals surface area contributed by atoms with Crippen LogP contribution in [-0.4, -0.2) is 45.6 Å². The van der Waals surface area contributed by atoms with Crippen molar-refractivity contribution in [3.05, 3.63) is 75.6 Å². The van der Waals surface area contributed by atoms with E-state index in [1.165, 1.54) is 11.8 Å². The first-order valence-electron chi connectivity index (χ1n) is 12.7. The van der Waals surface area contributed by atoms with Crippen molar-refractivity contribution in [2.24, 2.45) is 0 Å². The quantitative estimate of drug-likeness (QED) is 0.133. The van der Waals surface area contributed by atoms with Gasteiger partial charge >= 0.3 is 17.9 Å². The maximum atomic E-state index is 13.6. The molecule has 0 fully saturated rings. The molecule has 1 atom stereocenters. The highest BCUT2D eigenvalue weighted by Crippen LogP contribution is 2.41. The molecule has 0 amide bonds. The zero-order valence-electron chi connectivity index (χ0n) is 21.8. The number of aromatic nitrogens is 2. The molecule has 0 unspecified atom stereocenters. The lowest BCUT2D eigenvalue weighted by molar-refractivity contribution is -0.189. The number of carbonyl (C=O) groups is 3. The van der Waals surface area contributed by atoms with Crippen LogP contribution in [0.15, 0.2) is 53.3 Å². The number of benzene rings is 1. The number of thioether (sulfide) groups is 1. The van der Waals surface area contributed by atoms with E-state index in [0.717, 1.165) is 16.5 Å². The molecular weight excluding hydrogens is 520 g/mol. The summed E-state index contributed by atoms with van der Waals surface area (Å²) in [6.45, 7) is 7.20. The fraction of sp³-hybridized carbons (Fsp3) is 0.345. The van der Waals surface area contributed by atoms with E-state index in [9.17, 15) is 19.2 Å². The van der Waals surface area contributed by atoms with Gasteiger partial charge in [-0.05, 0) is 31.5 Å². The van der Waals surface area contributed by atoms with Crippen LogP contribution in [0.3, 0.4) is 0 Å². The number of esters is 3. The molecule has 9 nitrogen and oxygen atoms in total. The molecule has 39 heavy (non-hydrogen) atoms. The monoisotopic (exact) mass is 548 g/mol. The Morgan fingerprint density at radius 1 is 1.21 bits per heavy atom. The Bertz CT molecular complexity index is 1580. The second-order valence-electron chi connectivity index (χ2n) is 9.51. The largest absolute Gasteiger partial charge is 0.461 e. The maximum absolute atomic E-state index is 13.6. The summed E-state index contributed by atoms with van der Waals surface area (Å²) in [6, 6.07) is 11.5. The van der Waals surface area contributed by atoms with E-state index in [0.29, 0.717) is 46.1 Å². The highest BCUT2D eigenvalue weighted by atomic mass is 32.2. The molecule has 0 saturated carbocycles.